The summed E-state index contributed by atoms with van der Waals surface area (Å²) in [5.74, 6) is 0. The molecule has 1 aromatic heterocycles. The van der Waals surface area contributed by atoms with Crippen LogP contribution < -0.4 is 5.73 Å². The molecule has 1 heterocycles. The fourth-order valence-electron chi connectivity index (χ4n) is 1.77. The number of rotatable bonds is 3. The predicted octanol–water partition coefficient (Wildman–Crippen LogP) is -0.480. The SMILES string of the molecule is NC1(CCn2cncn2)CC(O)C1. The minimum absolute atomic E-state index is 0.175. The van der Waals surface area contributed by atoms with E-state index < -0.39 is 0 Å². The molecule has 0 amide bonds. The first-order valence-corrected chi connectivity index (χ1v) is 4.47. The minimum Gasteiger partial charge on any atom is -0.393 e. The minimum atomic E-state index is -0.194. The molecule has 1 saturated carbocycles. The lowest BCUT2D eigenvalue weighted by Gasteiger charge is -2.42. The number of hydrogen-bond donors (Lipinski definition) is 2. The standard InChI is InChI=1S/C8H14N4O/c9-8(3-7(13)4-8)1-2-12-6-10-5-11-12/h5-7,13H,1-4,9H2. The second-order valence-corrected chi connectivity index (χ2v) is 3.83. The third-order valence-electron chi connectivity index (χ3n) is 2.59. The molecule has 3 N–H and O–H groups in total. The number of nitrogens with zero attached hydrogens (tertiary/aromatic N) is 3. The molecule has 1 fully saturated rings. The van der Waals surface area contributed by atoms with Crippen molar-refractivity contribution in [1.29, 1.82) is 0 Å². The summed E-state index contributed by atoms with van der Waals surface area (Å²) in [4.78, 5) is 3.84. The molecule has 0 aromatic carbocycles. The van der Waals surface area contributed by atoms with Gasteiger partial charge in [0.1, 0.15) is 12.7 Å². The van der Waals surface area contributed by atoms with Gasteiger partial charge >= 0.3 is 0 Å². The van der Waals surface area contributed by atoms with Gasteiger partial charge in [0.05, 0.1) is 6.10 Å². The molecule has 0 saturated heterocycles. The lowest BCUT2D eigenvalue weighted by atomic mass is 9.73. The Balaban J connectivity index is 1.80. The molecule has 0 unspecified atom stereocenters. The van der Waals surface area contributed by atoms with E-state index in [2.05, 4.69) is 10.1 Å². The highest BCUT2D eigenvalue weighted by molar-refractivity contribution is 4.98. The molecule has 72 valence electrons. The summed E-state index contributed by atoms with van der Waals surface area (Å²) >= 11 is 0. The Labute approximate surface area is 76.6 Å². The fraction of sp³-hybridized carbons (Fsp3) is 0.750. The van der Waals surface area contributed by atoms with Crippen LogP contribution in [-0.2, 0) is 6.54 Å². The van der Waals surface area contributed by atoms with E-state index in [4.69, 9.17) is 10.8 Å². The van der Waals surface area contributed by atoms with Crippen molar-refractivity contribution < 1.29 is 5.11 Å². The second kappa shape index (κ2) is 3.08. The molecule has 0 bridgehead atoms. The van der Waals surface area contributed by atoms with Gasteiger partial charge in [-0.15, -0.1) is 0 Å². The van der Waals surface area contributed by atoms with Crippen molar-refractivity contribution in [3.8, 4) is 0 Å². The van der Waals surface area contributed by atoms with Crippen molar-refractivity contribution in [3.63, 3.8) is 0 Å². The second-order valence-electron chi connectivity index (χ2n) is 3.83. The van der Waals surface area contributed by atoms with E-state index in [1.54, 1.807) is 11.0 Å². The first-order chi connectivity index (χ1) is 6.18. The zero-order valence-corrected chi connectivity index (χ0v) is 7.43. The number of nitrogens with two attached hydrogens (primary N) is 1. The van der Waals surface area contributed by atoms with Crippen molar-refractivity contribution >= 4 is 0 Å². The number of aliphatic hydroxyl groups excluding tert-OH is 1. The Bertz CT molecular complexity index is 266. The highest BCUT2D eigenvalue weighted by Gasteiger charge is 2.39. The van der Waals surface area contributed by atoms with Crippen LogP contribution in [0, 0.1) is 0 Å². The number of hydrogen-bond acceptors (Lipinski definition) is 4. The summed E-state index contributed by atoms with van der Waals surface area (Å²) in [7, 11) is 0. The molecule has 13 heavy (non-hydrogen) atoms. The van der Waals surface area contributed by atoms with E-state index in [1.807, 2.05) is 0 Å². The van der Waals surface area contributed by atoms with Crippen LogP contribution in [0.3, 0.4) is 0 Å². The quantitative estimate of drug-likeness (QED) is 0.662. The Morgan fingerprint density at radius 1 is 1.62 bits per heavy atom. The van der Waals surface area contributed by atoms with Crippen molar-refractivity contribution in [2.24, 2.45) is 5.73 Å². The van der Waals surface area contributed by atoms with E-state index in [-0.39, 0.29) is 11.6 Å². The average molecular weight is 182 g/mol. The molecule has 5 heteroatoms. The van der Waals surface area contributed by atoms with Crippen LogP contribution in [0.25, 0.3) is 0 Å². The third kappa shape index (κ3) is 1.87. The molecule has 5 nitrogen and oxygen atoms in total. The van der Waals surface area contributed by atoms with Gasteiger partial charge in [-0.05, 0) is 19.3 Å². The Morgan fingerprint density at radius 3 is 2.92 bits per heavy atom. The summed E-state index contributed by atoms with van der Waals surface area (Å²) in [5, 5.41) is 13.1. The molecule has 1 aliphatic rings. The van der Waals surface area contributed by atoms with Crippen LogP contribution in [-0.4, -0.2) is 31.5 Å². The van der Waals surface area contributed by atoms with Gasteiger partial charge in [0.15, 0.2) is 0 Å². The van der Waals surface area contributed by atoms with Gasteiger partial charge in [0.25, 0.3) is 0 Å². The number of aromatic nitrogens is 3. The smallest absolute Gasteiger partial charge is 0.137 e. The van der Waals surface area contributed by atoms with Crippen molar-refractivity contribution in [1.82, 2.24) is 14.8 Å². The van der Waals surface area contributed by atoms with E-state index in [0.717, 1.165) is 13.0 Å². The van der Waals surface area contributed by atoms with Crippen LogP contribution in [0.15, 0.2) is 12.7 Å². The summed E-state index contributed by atoms with van der Waals surface area (Å²) in [6.45, 7) is 0.781. The molecule has 1 aliphatic carbocycles. The summed E-state index contributed by atoms with van der Waals surface area (Å²) < 4.78 is 1.76. The fourth-order valence-corrected chi connectivity index (χ4v) is 1.77. The van der Waals surface area contributed by atoms with Gasteiger partial charge < -0.3 is 10.8 Å². The molecular weight excluding hydrogens is 168 g/mol. The third-order valence-corrected chi connectivity index (χ3v) is 2.59. The van der Waals surface area contributed by atoms with Gasteiger partial charge in [0, 0.05) is 12.1 Å². The summed E-state index contributed by atoms with van der Waals surface area (Å²) in [5.41, 5.74) is 5.81. The summed E-state index contributed by atoms with van der Waals surface area (Å²) in [6.07, 6.45) is 5.27. The zero-order chi connectivity index (χ0) is 9.31. The van der Waals surface area contributed by atoms with Gasteiger partial charge in [-0.2, -0.15) is 5.10 Å². The van der Waals surface area contributed by atoms with Gasteiger partial charge in [-0.1, -0.05) is 0 Å². The van der Waals surface area contributed by atoms with Crippen molar-refractivity contribution in [3.05, 3.63) is 12.7 Å². The van der Waals surface area contributed by atoms with E-state index in [0.29, 0.717) is 12.8 Å². The Morgan fingerprint density at radius 2 is 2.38 bits per heavy atom. The van der Waals surface area contributed by atoms with Crippen molar-refractivity contribution in [2.75, 3.05) is 0 Å². The topological polar surface area (TPSA) is 77.0 Å². The first kappa shape index (κ1) is 8.65. The van der Waals surface area contributed by atoms with Crippen molar-refractivity contribution in [2.45, 2.75) is 37.5 Å². The zero-order valence-electron chi connectivity index (χ0n) is 7.43. The Hall–Kier alpha value is -0.940. The maximum absolute atomic E-state index is 9.13. The van der Waals surface area contributed by atoms with E-state index in [9.17, 15) is 0 Å². The maximum atomic E-state index is 9.13. The van der Waals surface area contributed by atoms with Gasteiger partial charge in [-0.25, -0.2) is 4.98 Å². The number of aryl methyl sites for hydroxylation is 1. The first-order valence-electron chi connectivity index (χ1n) is 4.47. The van der Waals surface area contributed by atoms with E-state index in [1.165, 1.54) is 6.33 Å². The van der Waals surface area contributed by atoms with Crippen LogP contribution in [0.1, 0.15) is 19.3 Å². The average Bonchev–Trinajstić information content (AvgIpc) is 2.50. The van der Waals surface area contributed by atoms with Crippen LogP contribution in [0.5, 0.6) is 0 Å². The molecule has 0 aliphatic heterocycles. The van der Waals surface area contributed by atoms with Crippen LogP contribution in [0.2, 0.25) is 0 Å². The molecule has 2 rings (SSSR count). The molecule has 0 spiro atoms. The Kier molecular flexibility index (Phi) is 2.05. The largest absolute Gasteiger partial charge is 0.393 e. The monoisotopic (exact) mass is 182 g/mol. The normalized spacial score (nSPS) is 32.9. The molecule has 0 atom stereocenters. The predicted molar refractivity (Wildman–Crippen MR) is 46.8 cm³/mol. The highest BCUT2D eigenvalue weighted by Crippen LogP contribution is 2.32. The lowest BCUT2D eigenvalue weighted by Crippen LogP contribution is -2.54. The molecule has 1 aromatic rings. The van der Waals surface area contributed by atoms with E-state index >= 15 is 0 Å². The maximum Gasteiger partial charge on any atom is 0.137 e. The molecular formula is C8H14N4O. The highest BCUT2D eigenvalue weighted by atomic mass is 16.3. The van der Waals surface area contributed by atoms with Gasteiger partial charge in [-0.3, -0.25) is 4.68 Å². The lowest BCUT2D eigenvalue weighted by molar-refractivity contribution is 0.0163. The van der Waals surface area contributed by atoms with Crippen LogP contribution in [0.4, 0.5) is 0 Å². The number of aliphatic hydroxyl groups is 1. The summed E-state index contributed by atoms with van der Waals surface area (Å²) in [6, 6.07) is 0. The van der Waals surface area contributed by atoms with Crippen LogP contribution >= 0.6 is 0 Å². The van der Waals surface area contributed by atoms with Gasteiger partial charge in [0.2, 0.25) is 0 Å². The molecule has 0 radical (unpaired) electrons.